The molecule has 6 heteroatoms. The highest BCUT2D eigenvalue weighted by molar-refractivity contribution is 6.19. The van der Waals surface area contributed by atoms with Gasteiger partial charge in [0.05, 0.1) is 5.57 Å². The Morgan fingerprint density at radius 1 is 1.50 bits per heavy atom. The Morgan fingerprint density at radius 3 is 2.50 bits per heavy atom. The van der Waals surface area contributed by atoms with Crippen molar-refractivity contribution in [2.75, 3.05) is 0 Å². The van der Waals surface area contributed by atoms with Crippen molar-refractivity contribution in [3.8, 4) is 0 Å². The Balaban J connectivity index is 2.94. The lowest BCUT2D eigenvalue weighted by Gasteiger charge is -2.20. The van der Waals surface area contributed by atoms with E-state index in [0.29, 0.717) is 6.08 Å². The molecule has 14 heavy (non-hydrogen) atoms. The van der Waals surface area contributed by atoms with Crippen molar-refractivity contribution in [1.82, 2.24) is 0 Å². The quantitative estimate of drug-likeness (QED) is 0.542. The molecule has 0 aliphatic heterocycles. The van der Waals surface area contributed by atoms with Crippen LogP contribution in [0.1, 0.15) is 6.42 Å². The van der Waals surface area contributed by atoms with E-state index in [4.69, 9.17) is 16.7 Å². The first-order chi connectivity index (χ1) is 6.30. The molecule has 0 heterocycles. The summed E-state index contributed by atoms with van der Waals surface area (Å²) in [7, 11) is 0. The Kier molecular flexibility index (Phi) is 3.21. The average molecular weight is 231 g/mol. The van der Waals surface area contributed by atoms with E-state index in [9.17, 15) is 17.6 Å². The number of halogens is 5. The SMILES string of the molecule is OC(Cl)C1C=C(C(F)(F)F)C=C(F)C1. The van der Waals surface area contributed by atoms with Gasteiger partial charge in [0, 0.05) is 12.3 Å². The van der Waals surface area contributed by atoms with Crippen LogP contribution in [0.3, 0.4) is 0 Å². The molecule has 2 unspecified atom stereocenters. The Labute approximate surface area is 82.7 Å². The lowest BCUT2D eigenvalue weighted by Crippen LogP contribution is -2.20. The highest BCUT2D eigenvalue weighted by atomic mass is 35.5. The van der Waals surface area contributed by atoms with Gasteiger partial charge in [0.15, 0.2) is 0 Å². The molecule has 0 aromatic carbocycles. The zero-order valence-electron chi connectivity index (χ0n) is 6.85. The van der Waals surface area contributed by atoms with Crippen molar-refractivity contribution < 1.29 is 22.7 Å². The second-order valence-electron chi connectivity index (χ2n) is 2.95. The highest BCUT2D eigenvalue weighted by Gasteiger charge is 2.36. The lowest BCUT2D eigenvalue weighted by atomic mass is 9.95. The van der Waals surface area contributed by atoms with E-state index in [2.05, 4.69) is 0 Å². The number of alkyl halides is 4. The predicted molar refractivity (Wildman–Crippen MR) is 43.3 cm³/mol. The zero-order valence-corrected chi connectivity index (χ0v) is 7.61. The third-order valence-electron chi connectivity index (χ3n) is 1.82. The summed E-state index contributed by atoms with van der Waals surface area (Å²) in [5.74, 6) is -1.96. The minimum absolute atomic E-state index is 0.301. The molecule has 1 aliphatic rings. The fourth-order valence-electron chi connectivity index (χ4n) is 1.14. The van der Waals surface area contributed by atoms with Crippen LogP contribution >= 0.6 is 11.6 Å². The van der Waals surface area contributed by atoms with E-state index < -0.39 is 29.1 Å². The van der Waals surface area contributed by atoms with Crippen LogP contribution in [0.25, 0.3) is 0 Å². The molecule has 80 valence electrons. The van der Waals surface area contributed by atoms with E-state index in [1.807, 2.05) is 0 Å². The topological polar surface area (TPSA) is 20.2 Å². The van der Waals surface area contributed by atoms with Gasteiger partial charge in [-0.05, 0) is 6.08 Å². The summed E-state index contributed by atoms with van der Waals surface area (Å²) < 4.78 is 49.2. The van der Waals surface area contributed by atoms with Crippen LogP contribution in [-0.2, 0) is 0 Å². The number of hydrogen-bond donors (Lipinski definition) is 1. The second kappa shape index (κ2) is 3.90. The van der Waals surface area contributed by atoms with Gasteiger partial charge in [0.1, 0.15) is 11.4 Å². The van der Waals surface area contributed by atoms with Crippen molar-refractivity contribution >= 4 is 11.6 Å². The van der Waals surface area contributed by atoms with Crippen LogP contribution in [0.15, 0.2) is 23.6 Å². The van der Waals surface area contributed by atoms with Crippen molar-refractivity contribution in [1.29, 1.82) is 0 Å². The van der Waals surface area contributed by atoms with Gasteiger partial charge in [-0.3, -0.25) is 0 Å². The zero-order chi connectivity index (χ0) is 10.9. The van der Waals surface area contributed by atoms with Gasteiger partial charge in [0.25, 0.3) is 0 Å². The first kappa shape index (κ1) is 11.5. The van der Waals surface area contributed by atoms with Crippen molar-refractivity contribution in [3.63, 3.8) is 0 Å². The molecule has 1 rings (SSSR count). The predicted octanol–water partition coefficient (Wildman–Crippen LogP) is 2.91. The second-order valence-corrected chi connectivity index (χ2v) is 3.40. The largest absolute Gasteiger partial charge is 0.416 e. The molecule has 2 atom stereocenters. The summed E-state index contributed by atoms with van der Waals surface area (Å²) in [5, 5.41) is 8.84. The smallest absolute Gasteiger partial charge is 0.377 e. The van der Waals surface area contributed by atoms with Crippen LogP contribution in [-0.4, -0.2) is 16.8 Å². The maximum Gasteiger partial charge on any atom is 0.416 e. The molecule has 0 amide bonds. The fraction of sp³-hybridized carbons (Fsp3) is 0.500. The van der Waals surface area contributed by atoms with Gasteiger partial charge in [-0.15, -0.1) is 0 Å². The summed E-state index contributed by atoms with van der Waals surface area (Å²) in [6, 6.07) is 0. The van der Waals surface area contributed by atoms with Gasteiger partial charge in [-0.25, -0.2) is 4.39 Å². The van der Waals surface area contributed by atoms with Gasteiger partial charge < -0.3 is 5.11 Å². The monoisotopic (exact) mass is 230 g/mol. The summed E-state index contributed by atoms with van der Waals surface area (Å²) >= 11 is 5.19. The molecule has 0 bridgehead atoms. The number of hydrogen-bond acceptors (Lipinski definition) is 1. The van der Waals surface area contributed by atoms with E-state index in [1.54, 1.807) is 0 Å². The third-order valence-corrected chi connectivity index (χ3v) is 2.14. The molecule has 1 aliphatic carbocycles. The molecular weight excluding hydrogens is 224 g/mol. The summed E-state index contributed by atoms with van der Waals surface area (Å²) in [5.41, 5.74) is -2.61. The molecule has 0 spiro atoms. The van der Waals surface area contributed by atoms with Crippen molar-refractivity contribution in [3.05, 3.63) is 23.6 Å². The summed E-state index contributed by atoms with van der Waals surface area (Å²) in [4.78, 5) is 0. The van der Waals surface area contributed by atoms with Gasteiger partial charge in [-0.1, -0.05) is 17.7 Å². The highest BCUT2D eigenvalue weighted by Crippen LogP contribution is 2.35. The lowest BCUT2D eigenvalue weighted by molar-refractivity contribution is -0.0893. The number of aliphatic hydroxyl groups excluding tert-OH is 1. The number of rotatable bonds is 1. The molecule has 0 aromatic rings. The van der Waals surface area contributed by atoms with E-state index in [-0.39, 0.29) is 6.42 Å². The van der Waals surface area contributed by atoms with Crippen LogP contribution in [0, 0.1) is 5.92 Å². The van der Waals surface area contributed by atoms with Crippen molar-refractivity contribution in [2.45, 2.75) is 18.2 Å². The maximum atomic E-state index is 12.7. The minimum atomic E-state index is -4.61. The maximum absolute atomic E-state index is 12.7. The normalized spacial score (nSPS) is 25.4. The number of aliphatic hydroxyl groups is 1. The first-order valence-corrected chi connectivity index (χ1v) is 4.21. The Hall–Kier alpha value is -0.550. The van der Waals surface area contributed by atoms with E-state index in [1.165, 1.54) is 0 Å². The molecule has 0 saturated heterocycles. The van der Waals surface area contributed by atoms with Gasteiger partial charge >= 0.3 is 6.18 Å². The van der Waals surface area contributed by atoms with Gasteiger partial charge in [0.2, 0.25) is 0 Å². The first-order valence-electron chi connectivity index (χ1n) is 3.78. The molecule has 0 aromatic heterocycles. The van der Waals surface area contributed by atoms with Crippen LogP contribution in [0.4, 0.5) is 17.6 Å². The fourth-order valence-corrected chi connectivity index (χ4v) is 1.31. The molecule has 0 saturated carbocycles. The molecular formula is C8H7ClF4O. The van der Waals surface area contributed by atoms with Gasteiger partial charge in [-0.2, -0.15) is 13.2 Å². The van der Waals surface area contributed by atoms with Crippen LogP contribution in [0.2, 0.25) is 0 Å². The summed E-state index contributed by atoms with van der Waals surface area (Å²) in [6.07, 6.45) is -3.76. The standard InChI is InChI=1S/C8H7ClF4O/c9-7(14)4-1-5(8(11,12)13)3-6(10)2-4/h1,3-4,7,14H,2H2. The Bertz CT molecular complexity index is 280. The van der Waals surface area contributed by atoms with E-state index >= 15 is 0 Å². The summed E-state index contributed by atoms with van der Waals surface area (Å²) in [6.45, 7) is 0. The van der Waals surface area contributed by atoms with Crippen molar-refractivity contribution in [2.24, 2.45) is 5.92 Å². The average Bonchev–Trinajstić information content (AvgIpc) is 2.01. The third kappa shape index (κ3) is 2.72. The van der Waals surface area contributed by atoms with Crippen LogP contribution in [0.5, 0.6) is 0 Å². The molecule has 1 N–H and O–H groups in total. The molecule has 1 nitrogen and oxygen atoms in total. The van der Waals surface area contributed by atoms with Crippen LogP contribution < -0.4 is 0 Å². The molecule has 0 radical (unpaired) electrons. The number of allylic oxidation sites excluding steroid dienone is 3. The minimum Gasteiger partial charge on any atom is -0.377 e. The Morgan fingerprint density at radius 2 is 2.07 bits per heavy atom. The molecule has 0 fully saturated rings. The van der Waals surface area contributed by atoms with E-state index in [0.717, 1.165) is 6.08 Å².